The van der Waals surface area contributed by atoms with Crippen molar-refractivity contribution in [3.8, 4) is 79.2 Å². The van der Waals surface area contributed by atoms with Crippen LogP contribution in [0.4, 0.5) is 0 Å². The molecule has 5 aromatic heterocycles. The van der Waals surface area contributed by atoms with E-state index in [1.165, 1.54) is 38.2 Å². The second kappa shape index (κ2) is 21.7. The summed E-state index contributed by atoms with van der Waals surface area (Å²) in [6.45, 7) is 0. The average molecular weight is 1260 g/mol. The van der Waals surface area contributed by atoms with Gasteiger partial charge in [-0.1, -0.05) is 267 Å². The molecular formula is C91H54N6O2. The predicted molar refractivity (Wildman–Crippen MR) is 405 cm³/mol. The monoisotopic (exact) mass is 1260 g/mol. The number of nitrogens with zero attached hydrogens (tertiary/aromatic N) is 6. The van der Waals surface area contributed by atoms with Crippen LogP contribution in [0.15, 0.2) is 320 Å². The van der Waals surface area contributed by atoms with E-state index in [-0.39, 0.29) is 12.0 Å². The zero-order chi connectivity index (χ0) is 64.8. The van der Waals surface area contributed by atoms with E-state index < -0.39 is 0 Å². The molecule has 0 bridgehead atoms. The normalized spacial score (nSPS) is 14.4. The highest BCUT2D eigenvalue weighted by atomic mass is 16.5. The van der Waals surface area contributed by atoms with Gasteiger partial charge in [-0.3, -0.25) is 4.57 Å². The van der Waals surface area contributed by atoms with Gasteiger partial charge in [0.05, 0.1) is 39.4 Å². The molecule has 0 saturated heterocycles. The van der Waals surface area contributed by atoms with Crippen LogP contribution in [-0.2, 0) is 0 Å². The minimum atomic E-state index is -0.185. The minimum Gasteiger partial charge on any atom is -0.484 e. The maximum absolute atomic E-state index is 7.30. The first-order valence-corrected chi connectivity index (χ1v) is 33.7. The largest absolute Gasteiger partial charge is 0.484 e. The van der Waals surface area contributed by atoms with E-state index in [0.717, 1.165) is 149 Å². The van der Waals surface area contributed by atoms with E-state index >= 15 is 0 Å². The van der Waals surface area contributed by atoms with Crippen LogP contribution in [0.1, 0.15) is 17.0 Å². The van der Waals surface area contributed by atoms with Crippen molar-refractivity contribution in [1.82, 2.24) is 29.5 Å². The molecule has 21 rings (SSSR count). The topological polar surface area (TPSA) is 91.8 Å². The zero-order valence-electron chi connectivity index (χ0n) is 53.2. The summed E-state index contributed by atoms with van der Waals surface area (Å²) in [6, 6.07) is 105. The fraction of sp³-hybridized carbons (Fsp3) is 0.0220. The number of para-hydroxylation sites is 2. The molecule has 19 aromatic rings. The predicted octanol–water partition coefficient (Wildman–Crippen LogP) is 23.1. The lowest BCUT2D eigenvalue weighted by atomic mass is 9.78. The zero-order valence-corrected chi connectivity index (χ0v) is 53.2. The van der Waals surface area contributed by atoms with Gasteiger partial charge in [0, 0.05) is 81.7 Å². The molecule has 8 nitrogen and oxygen atoms in total. The van der Waals surface area contributed by atoms with E-state index in [0.29, 0.717) is 17.6 Å². The molecule has 1 aliphatic carbocycles. The lowest BCUT2D eigenvalue weighted by Crippen LogP contribution is -2.19. The van der Waals surface area contributed by atoms with E-state index in [9.17, 15) is 0 Å². The third-order valence-electron chi connectivity index (χ3n) is 20.6. The molecule has 0 saturated carbocycles. The SMILES string of the molecule is C1=CC2Oc3c(ccc4c(-c5ccccc5)nc5cc(-c6ccc7c8ccccc8n(-c8nc(-c9ccccc9)nc(-c9ccc(-c%10cccc%11oc%12c(ccc%13c(-c%14ccccc%14)nc%14ccccc%14c%13%12)c%10%11)cc9)n8)c7c6)ccc5c34)C2C(c2cc3ccccc3c3ccccc23)=C1. The molecule has 460 valence electrons. The number of hydrogen-bond donors (Lipinski definition) is 0. The molecule has 0 N–H and O–H groups in total. The van der Waals surface area contributed by atoms with Crippen molar-refractivity contribution in [2.45, 2.75) is 12.0 Å². The summed E-state index contributed by atoms with van der Waals surface area (Å²) in [5.74, 6) is 2.54. The number of allylic oxidation sites excluding steroid dienone is 2. The van der Waals surface area contributed by atoms with E-state index in [1.54, 1.807) is 0 Å². The van der Waals surface area contributed by atoms with Gasteiger partial charge in [0.25, 0.3) is 0 Å². The molecule has 2 unspecified atom stereocenters. The Bertz CT molecular complexity index is 6690. The van der Waals surface area contributed by atoms with Gasteiger partial charge in [0.2, 0.25) is 5.95 Å². The van der Waals surface area contributed by atoms with Gasteiger partial charge < -0.3 is 9.15 Å². The second-order valence-corrected chi connectivity index (χ2v) is 26.0. The van der Waals surface area contributed by atoms with Gasteiger partial charge in [-0.2, -0.15) is 9.97 Å². The number of hydrogen-bond acceptors (Lipinski definition) is 7. The number of ether oxygens (including phenoxy) is 1. The first-order chi connectivity index (χ1) is 49.1. The Morgan fingerprint density at radius 1 is 0.333 bits per heavy atom. The Balaban J connectivity index is 0.690. The van der Waals surface area contributed by atoms with Crippen molar-refractivity contribution in [3.05, 3.63) is 327 Å². The molecule has 6 heterocycles. The minimum absolute atomic E-state index is 0.0153. The van der Waals surface area contributed by atoms with Crippen LogP contribution in [0.3, 0.4) is 0 Å². The van der Waals surface area contributed by atoms with Crippen molar-refractivity contribution in [2.24, 2.45) is 0 Å². The van der Waals surface area contributed by atoms with Crippen molar-refractivity contribution >= 4 is 114 Å². The highest BCUT2D eigenvalue weighted by Crippen LogP contribution is 2.54. The van der Waals surface area contributed by atoms with Crippen LogP contribution >= 0.6 is 0 Å². The lowest BCUT2D eigenvalue weighted by Gasteiger charge is -2.24. The Hall–Kier alpha value is -13.2. The van der Waals surface area contributed by atoms with Gasteiger partial charge in [-0.05, 0) is 103 Å². The first-order valence-electron chi connectivity index (χ1n) is 33.7. The molecule has 2 aliphatic rings. The summed E-state index contributed by atoms with van der Waals surface area (Å²) in [7, 11) is 0. The molecule has 2 atom stereocenters. The second-order valence-electron chi connectivity index (χ2n) is 26.0. The first kappa shape index (κ1) is 55.1. The number of pyridine rings is 2. The average Bonchev–Trinajstić information content (AvgIpc) is 1.64. The summed E-state index contributed by atoms with van der Waals surface area (Å²) in [6.07, 6.45) is 6.52. The maximum atomic E-state index is 7.30. The molecule has 1 aliphatic heterocycles. The number of aromatic nitrogens is 6. The third-order valence-corrected chi connectivity index (χ3v) is 20.6. The maximum Gasteiger partial charge on any atom is 0.238 e. The number of fused-ring (bicyclic) bond motifs is 20. The summed E-state index contributed by atoms with van der Waals surface area (Å²) < 4.78 is 16.5. The molecule has 0 fully saturated rings. The molecule has 99 heavy (non-hydrogen) atoms. The molecule has 0 amide bonds. The van der Waals surface area contributed by atoms with Crippen molar-refractivity contribution in [2.75, 3.05) is 0 Å². The van der Waals surface area contributed by atoms with E-state index in [4.69, 9.17) is 34.1 Å². The van der Waals surface area contributed by atoms with Crippen LogP contribution < -0.4 is 4.74 Å². The smallest absolute Gasteiger partial charge is 0.238 e. The lowest BCUT2D eigenvalue weighted by molar-refractivity contribution is 0.274. The highest BCUT2D eigenvalue weighted by Gasteiger charge is 2.40. The van der Waals surface area contributed by atoms with Crippen molar-refractivity contribution in [1.29, 1.82) is 0 Å². The highest BCUT2D eigenvalue weighted by molar-refractivity contribution is 6.27. The van der Waals surface area contributed by atoms with Gasteiger partial charge in [-0.15, -0.1) is 0 Å². The summed E-state index contributed by atoms with van der Waals surface area (Å²) >= 11 is 0. The van der Waals surface area contributed by atoms with Gasteiger partial charge in [0.15, 0.2) is 11.6 Å². The fourth-order valence-electron chi connectivity index (χ4n) is 16.1. The molecule has 0 spiro atoms. The molecule has 8 heteroatoms. The Morgan fingerprint density at radius 2 is 0.899 bits per heavy atom. The Labute approximate surface area is 567 Å². The van der Waals surface area contributed by atoms with Crippen LogP contribution in [0.5, 0.6) is 5.75 Å². The van der Waals surface area contributed by atoms with Crippen LogP contribution in [0.2, 0.25) is 0 Å². The summed E-state index contributed by atoms with van der Waals surface area (Å²) in [4.78, 5) is 26.9. The van der Waals surface area contributed by atoms with E-state index in [1.807, 2.05) is 30.3 Å². The standard InChI is InChI=1S/C91H54N6O2/c1-4-20-54(21-5-1)85-70-46-48-72-81-62(32-18-36-79(81)98-87(72)83(70)68-31-14-16-34-75(68)92-85)53-38-40-57(41-39-53)90-94-89(56-24-8-3-9-25-56)95-91(96-90)97-77-35-17-15-30-65(77)66-44-42-59(52-78(66)97)58-43-45-69-76(51-58)93-86(55-22-6-2-7-23-55)71-47-49-73-82-67(33-19-37-80(82)99-88(73)84(69)71)74-50-60-26-10-11-27-61(60)63-28-12-13-29-64(63)74/h1-52,80,82H. The molecular weight excluding hydrogens is 1210 g/mol. The van der Waals surface area contributed by atoms with Gasteiger partial charge in [0.1, 0.15) is 23.0 Å². The van der Waals surface area contributed by atoms with Gasteiger partial charge >= 0.3 is 0 Å². The van der Waals surface area contributed by atoms with Crippen molar-refractivity contribution in [3.63, 3.8) is 0 Å². The number of rotatable bonds is 8. The van der Waals surface area contributed by atoms with Crippen LogP contribution in [0.25, 0.3) is 188 Å². The van der Waals surface area contributed by atoms with Crippen LogP contribution in [0, 0.1) is 0 Å². The molecule has 0 radical (unpaired) electrons. The van der Waals surface area contributed by atoms with E-state index in [2.05, 4.69) is 290 Å². The Kier molecular flexibility index (Phi) is 12.1. The van der Waals surface area contributed by atoms with Crippen molar-refractivity contribution < 1.29 is 9.15 Å². The fourth-order valence-corrected chi connectivity index (χ4v) is 16.1. The Morgan fingerprint density at radius 3 is 1.68 bits per heavy atom. The third kappa shape index (κ3) is 8.55. The van der Waals surface area contributed by atoms with Crippen LogP contribution in [-0.4, -0.2) is 35.6 Å². The quantitative estimate of drug-likeness (QED) is 0.140. The number of furan rings is 1. The summed E-state index contributed by atoms with van der Waals surface area (Å²) in [5.41, 5.74) is 19.0. The summed E-state index contributed by atoms with van der Waals surface area (Å²) in [5, 5.41) is 15.6. The van der Waals surface area contributed by atoms with Gasteiger partial charge in [-0.25, -0.2) is 15.0 Å². The molecule has 14 aromatic carbocycles. The number of benzene rings is 14.